The number of hydrogen-bond donors (Lipinski definition) is 1. The molecule has 7 heteroatoms. The summed E-state index contributed by atoms with van der Waals surface area (Å²) in [4.78, 5) is 3.93. The summed E-state index contributed by atoms with van der Waals surface area (Å²) in [5, 5.41) is 16.0. The third-order valence-corrected chi connectivity index (χ3v) is 4.81. The van der Waals surface area contributed by atoms with Crippen molar-refractivity contribution in [2.24, 2.45) is 10.2 Å². The van der Waals surface area contributed by atoms with Gasteiger partial charge >= 0.3 is 0 Å². The second kappa shape index (κ2) is 7.48. The topological polar surface area (TPSA) is 55.1 Å². The van der Waals surface area contributed by atoms with E-state index in [1.165, 1.54) is 6.07 Å². The molecule has 2 aliphatic heterocycles. The molecule has 0 aromatic heterocycles. The van der Waals surface area contributed by atoms with Gasteiger partial charge in [0.2, 0.25) is 0 Å². The Morgan fingerprint density at radius 2 is 2.07 bits per heavy atom. The Morgan fingerprint density at radius 3 is 2.70 bits per heavy atom. The third-order valence-electron chi connectivity index (χ3n) is 4.57. The lowest BCUT2D eigenvalue weighted by atomic mass is 9.88. The van der Waals surface area contributed by atoms with E-state index in [1.807, 2.05) is 36.0 Å². The van der Waals surface area contributed by atoms with Gasteiger partial charge in [-0.3, -0.25) is 0 Å². The Balaban J connectivity index is 2.02. The molecule has 0 bridgehead atoms. The minimum absolute atomic E-state index is 0.349. The van der Waals surface area contributed by atoms with Gasteiger partial charge in [-0.1, -0.05) is 23.2 Å². The van der Waals surface area contributed by atoms with Crippen LogP contribution in [-0.4, -0.2) is 34.6 Å². The van der Waals surface area contributed by atoms with Gasteiger partial charge in [0.1, 0.15) is 11.7 Å². The molecular formula is C20H21ClFN5. The van der Waals surface area contributed by atoms with E-state index >= 15 is 0 Å². The summed E-state index contributed by atoms with van der Waals surface area (Å²) in [5.74, 6) is 0.337. The smallest absolute Gasteiger partial charge is 0.130 e. The van der Waals surface area contributed by atoms with Gasteiger partial charge in [-0.2, -0.15) is 5.10 Å². The highest BCUT2D eigenvalue weighted by Crippen LogP contribution is 2.43. The molecule has 0 saturated heterocycles. The van der Waals surface area contributed by atoms with Crippen molar-refractivity contribution in [3.63, 3.8) is 0 Å². The van der Waals surface area contributed by atoms with Gasteiger partial charge in [0.05, 0.1) is 11.7 Å². The van der Waals surface area contributed by atoms with E-state index in [4.69, 9.17) is 17.0 Å². The minimum Gasteiger partial charge on any atom is -0.334 e. The fourth-order valence-electron chi connectivity index (χ4n) is 3.25. The molecule has 0 spiro atoms. The van der Waals surface area contributed by atoms with E-state index in [0.29, 0.717) is 22.8 Å². The highest BCUT2D eigenvalue weighted by Gasteiger charge is 2.36. The summed E-state index contributed by atoms with van der Waals surface area (Å²) in [6.07, 6.45) is 5.88. The van der Waals surface area contributed by atoms with E-state index in [2.05, 4.69) is 23.0 Å². The molecule has 1 N–H and O–H groups in total. The van der Waals surface area contributed by atoms with Crippen LogP contribution in [0.4, 0.5) is 4.39 Å². The van der Waals surface area contributed by atoms with E-state index < -0.39 is 0 Å². The standard InChI is InChI=1S/C20H21ClFN5/c1-12-7-16(10-26(9-12)14(3)25-24-4)27-11-18(13(2)23)20(27)17-6-5-15(21)8-19(17)22/h5-8,10-11,20,23H,4,9H2,1-3H3/b23-13?,25-14-. The van der Waals surface area contributed by atoms with Gasteiger partial charge in [-0.25, -0.2) is 4.39 Å². The van der Waals surface area contributed by atoms with Gasteiger partial charge in [-0.15, -0.1) is 5.10 Å². The fraction of sp³-hybridized carbons (Fsp3) is 0.250. The molecule has 2 heterocycles. The first-order valence-electron chi connectivity index (χ1n) is 8.48. The maximum absolute atomic E-state index is 14.6. The predicted molar refractivity (Wildman–Crippen MR) is 109 cm³/mol. The van der Waals surface area contributed by atoms with Crippen molar-refractivity contribution in [2.45, 2.75) is 26.8 Å². The zero-order valence-corrected chi connectivity index (χ0v) is 16.3. The van der Waals surface area contributed by atoms with Crippen LogP contribution in [0, 0.1) is 11.2 Å². The van der Waals surface area contributed by atoms with Crippen molar-refractivity contribution >= 4 is 29.9 Å². The Bertz CT molecular complexity index is 928. The SMILES string of the molecule is C=N/N=C(/C)N1C=C(N2C=C(C(C)=N)C2c2ccc(Cl)cc2F)C=C(C)C1. The molecule has 1 aromatic carbocycles. The van der Waals surface area contributed by atoms with Crippen molar-refractivity contribution in [1.82, 2.24) is 9.80 Å². The monoisotopic (exact) mass is 385 g/mol. The zero-order chi connectivity index (χ0) is 19.7. The summed E-state index contributed by atoms with van der Waals surface area (Å²) in [5.41, 5.74) is 3.70. The van der Waals surface area contributed by atoms with Crippen LogP contribution in [0.15, 0.2) is 63.7 Å². The molecule has 140 valence electrons. The van der Waals surface area contributed by atoms with E-state index in [-0.39, 0.29) is 11.9 Å². The molecular weight excluding hydrogens is 365 g/mol. The minimum atomic E-state index is -0.382. The quantitative estimate of drug-likeness (QED) is 0.455. The van der Waals surface area contributed by atoms with Crippen LogP contribution in [-0.2, 0) is 0 Å². The van der Waals surface area contributed by atoms with Crippen molar-refractivity contribution < 1.29 is 4.39 Å². The normalized spacial score (nSPS) is 19.8. The highest BCUT2D eigenvalue weighted by atomic mass is 35.5. The van der Waals surface area contributed by atoms with Crippen LogP contribution in [0.3, 0.4) is 0 Å². The molecule has 1 atom stereocenters. The molecule has 1 aromatic rings. The summed E-state index contributed by atoms with van der Waals surface area (Å²) in [6.45, 7) is 9.69. The molecule has 0 saturated carbocycles. The number of nitrogens with zero attached hydrogens (tertiary/aromatic N) is 4. The second-order valence-corrected chi connectivity index (χ2v) is 7.08. The lowest BCUT2D eigenvalue weighted by Crippen LogP contribution is -2.39. The number of allylic oxidation sites excluding steroid dienone is 1. The van der Waals surface area contributed by atoms with Crippen LogP contribution in [0.25, 0.3) is 0 Å². The Labute approximate surface area is 163 Å². The number of nitrogens with one attached hydrogen (secondary N) is 1. The van der Waals surface area contributed by atoms with Crippen molar-refractivity contribution in [2.75, 3.05) is 6.54 Å². The highest BCUT2D eigenvalue weighted by molar-refractivity contribution is 6.30. The number of halogens is 2. The van der Waals surface area contributed by atoms with E-state index in [1.54, 1.807) is 19.1 Å². The summed E-state index contributed by atoms with van der Waals surface area (Å²) in [6, 6.07) is 4.28. The van der Waals surface area contributed by atoms with Gasteiger partial charge < -0.3 is 15.2 Å². The Morgan fingerprint density at radius 1 is 1.33 bits per heavy atom. The molecule has 0 fully saturated rings. The summed E-state index contributed by atoms with van der Waals surface area (Å²) < 4.78 is 14.6. The first-order valence-corrected chi connectivity index (χ1v) is 8.86. The third kappa shape index (κ3) is 3.71. The van der Waals surface area contributed by atoms with E-state index in [9.17, 15) is 4.39 Å². The average Bonchev–Trinajstić information content (AvgIpc) is 2.55. The second-order valence-electron chi connectivity index (χ2n) is 6.65. The maximum Gasteiger partial charge on any atom is 0.130 e. The van der Waals surface area contributed by atoms with Crippen molar-refractivity contribution in [1.29, 1.82) is 5.41 Å². The lowest BCUT2D eigenvalue weighted by Gasteiger charge is -2.43. The van der Waals surface area contributed by atoms with Crippen LogP contribution >= 0.6 is 11.6 Å². The van der Waals surface area contributed by atoms with Crippen molar-refractivity contribution in [3.8, 4) is 0 Å². The van der Waals surface area contributed by atoms with Crippen LogP contribution in [0.5, 0.6) is 0 Å². The number of amidine groups is 1. The largest absolute Gasteiger partial charge is 0.334 e. The van der Waals surface area contributed by atoms with Gasteiger partial charge in [0, 0.05) is 47.5 Å². The number of hydrogen-bond acceptors (Lipinski definition) is 4. The number of rotatable bonds is 4. The molecule has 3 rings (SSSR count). The van der Waals surface area contributed by atoms with Gasteiger partial charge in [0.25, 0.3) is 0 Å². The van der Waals surface area contributed by atoms with Crippen LogP contribution in [0.1, 0.15) is 32.4 Å². The van der Waals surface area contributed by atoms with Crippen LogP contribution in [0.2, 0.25) is 5.02 Å². The van der Waals surface area contributed by atoms with Crippen LogP contribution < -0.4 is 0 Å². The fourth-order valence-corrected chi connectivity index (χ4v) is 3.41. The predicted octanol–water partition coefficient (Wildman–Crippen LogP) is 4.90. The maximum atomic E-state index is 14.6. The first-order chi connectivity index (χ1) is 12.8. The summed E-state index contributed by atoms with van der Waals surface area (Å²) in [7, 11) is 0. The van der Waals surface area contributed by atoms with Crippen molar-refractivity contribution in [3.05, 3.63) is 69.9 Å². The molecule has 0 aliphatic carbocycles. The van der Waals surface area contributed by atoms with Gasteiger partial charge in [-0.05, 0) is 39.0 Å². The summed E-state index contributed by atoms with van der Waals surface area (Å²) >= 11 is 5.90. The molecule has 5 nitrogen and oxygen atoms in total. The zero-order valence-electron chi connectivity index (χ0n) is 15.5. The molecule has 27 heavy (non-hydrogen) atoms. The van der Waals surface area contributed by atoms with Gasteiger partial charge in [0.15, 0.2) is 0 Å². The Hall–Kier alpha value is -2.73. The molecule has 2 aliphatic rings. The Kier molecular flexibility index (Phi) is 5.28. The molecule has 1 unspecified atom stereocenters. The molecule has 0 radical (unpaired) electrons. The first kappa shape index (κ1) is 19.0. The number of benzene rings is 1. The lowest BCUT2D eigenvalue weighted by molar-refractivity contribution is 0.329. The molecule has 0 amide bonds. The average molecular weight is 386 g/mol. The van der Waals surface area contributed by atoms with E-state index in [0.717, 1.165) is 22.7 Å².